The molecule has 0 aromatic carbocycles. The molecule has 0 aliphatic heterocycles. The van der Waals surface area contributed by atoms with Gasteiger partial charge in [0.2, 0.25) is 0 Å². The van der Waals surface area contributed by atoms with Gasteiger partial charge in [0.05, 0.1) is 0 Å². The summed E-state index contributed by atoms with van der Waals surface area (Å²) in [7, 11) is 0. The third-order valence-corrected chi connectivity index (χ3v) is 1.58. The monoisotopic (exact) mass is 322 g/mol. The Morgan fingerprint density at radius 3 is 2.50 bits per heavy atom. The van der Waals surface area contributed by atoms with Gasteiger partial charge in [-0.05, 0) is 5.03 Å². The maximum absolute atomic E-state index is 4.10. The molecule has 1 nitrogen and oxygen atoms in total. The van der Waals surface area contributed by atoms with Crippen molar-refractivity contribution < 1.29 is 21.1 Å². The topological polar surface area (TPSA) is 12.9 Å². The molecule has 1 heterocycles. The molecule has 10 heavy (non-hydrogen) atoms. The Labute approximate surface area is 80.9 Å². The second kappa shape index (κ2) is 4.15. The Hall–Kier alpha value is 0.188. The van der Waals surface area contributed by atoms with Crippen LogP contribution in [0.4, 0.5) is 0 Å². The number of pyridine rings is 1. The summed E-state index contributed by atoms with van der Waals surface area (Å²) in [4.78, 5) is 3.92. The molecule has 0 spiro atoms. The van der Waals surface area contributed by atoms with E-state index in [4.69, 9.17) is 0 Å². The largest absolute Gasteiger partial charge is 2.00 e. The first-order chi connectivity index (χ1) is 4.20. The van der Waals surface area contributed by atoms with Crippen LogP contribution in [-0.4, -0.2) is 4.98 Å². The van der Waals surface area contributed by atoms with Gasteiger partial charge in [0.25, 0.3) is 0 Å². The number of thiol groups is 1. The van der Waals surface area contributed by atoms with Gasteiger partial charge in [0, 0.05) is 0 Å². The van der Waals surface area contributed by atoms with Crippen molar-refractivity contribution in [1.82, 2.24) is 4.98 Å². The van der Waals surface area contributed by atoms with E-state index in [0.717, 1.165) is 16.2 Å². The molecule has 52 valence electrons. The number of aromatic nitrogens is 1. The van der Waals surface area contributed by atoms with E-state index in [1.165, 1.54) is 0 Å². The van der Waals surface area contributed by atoms with E-state index in [1.807, 2.05) is 19.9 Å². The summed E-state index contributed by atoms with van der Waals surface area (Å²) in [6.45, 7) is 3.95. The van der Waals surface area contributed by atoms with Crippen LogP contribution in [-0.2, 0) is 21.1 Å². The van der Waals surface area contributed by atoms with Gasteiger partial charge >= 0.3 is 21.1 Å². The first-order valence-corrected chi connectivity index (χ1v) is 3.20. The van der Waals surface area contributed by atoms with Crippen molar-refractivity contribution in [2.24, 2.45) is 0 Å². The van der Waals surface area contributed by atoms with Gasteiger partial charge in [-0.2, -0.15) is 18.7 Å². The summed E-state index contributed by atoms with van der Waals surface area (Å²) in [5.41, 5.74) is 2.17. The van der Waals surface area contributed by atoms with E-state index in [0.29, 0.717) is 0 Å². The van der Waals surface area contributed by atoms with Gasteiger partial charge in [0.1, 0.15) is 0 Å². The average Bonchev–Trinajstić information content (AvgIpc) is 1.80. The van der Waals surface area contributed by atoms with Crippen molar-refractivity contribution in [3.05, 3.63) is 23.4 Å². The van der Waals surface area contributed by atoms with Gasteiger partial charge in [0.15, 0.2) is 0 Å². The third kappa shape index (κ3) is 2.43. The van der Waals surface area contributed by atoms with E-state index in [2.05, 4.69) is 23.8 Å². The quantitative estimate of drug-likeness (QED) is 0.568. The van der Waals surface area contributed by atoms with Crippen LogP contribution in [0.2, 0.25) is 0 Å². The van der Waals surface area contributed by atoms with Crippen molar-refractivity contribution in [3.8, 4) is 0 Å². The fourth-order valence-corrected chi connectivity index (χ4v) is 0.765. The smallest absolute Gasteiger partial charge is 0.380 e. The van der Waals surface area contributed by atoms with Gasteiger partial charge < -0.3 is 4.98 Å². The molecular formula is C7H8NSW+. The Bertz CT molecular complexity index is 225. The van der Waals surface area contributed by atoms with Gasteiger partial charge in [-0.1, -0.05) is 20.0 Å². The van der Waals surface area contributed by atoms with Crippen LogP contribution >= 0.6 is 12.6 Å². The normalized spacial score (nSPS) is 8.70. The molecule has 1 rings (SSSR count). The first kappa shape index (κ1) is 10.2. The summed E-state index contributed by atoms with van der Waals surface area (Å²) in [6.07, 6.45) is 2.81. The van der Waals surface area contributed by atoms with E-state index in [-0.39, 0.29) is 21.1 Å². The van der Waals surface area contributed by atoms with Crippen LogP contribution in [0.3, 0.4) is 0 Å². The SMILES string of the molecule is Cc1[c-]nc(S)c(C)c1.[W+2]. The van der Waals surface area contributed by atoms with Crippen LogP contribution < -0.4 is 0 Å². The Morgan fingerprint density at radius 1 is 1.50 bits per heavy atom. The molecule has 1 aromatic rings. The van der Waals surface area contributed by atoms with Gasteiger partial charge in [-0.15, -0.1) is 11.1 Å². The van der Waals surface area contributed by atoms with E-state index >= 15 is 0 Å². The fraction of sp³-hybridized carbons (Fsp3) is 0.286. The van der Waals surface area contributed by atoms with Crippen molar-refractivity contribution in [2.75, 3.05) is 0 Å². The van der Waals surface area contributed by atoms with Crippen LogP contribution in [0, 0.1) is 20.0 Å². The minimum absolute atomic E-state index is 0. The molecular weight excluding hydrogens is 314 g/mol. The Kier molecular flexibility index (Phi) is 4.23. The number of nitrogens with zero attached hydrogens (tertiary/aromatic N) is 1. The summed E-state index contributed by atoms with van der Waals surface area (Å²) >= 11 is 4.10. The average molecular weight is 322 g/mol. The molecule has 0 fully saturated rings. The third-order valence-electron chi connectivity index (χ3n) is 1.12. The predicted molar refractivity (Wildman–Crippen MR) is 39.8 cm³/mol. The molecule has 0 atom stereocenters. The van der Waals surface area contributed by atoms with Crippen molar-refractivity contribution >= 4 is 12.6 Å². The summed E-state index contributed by atoms with van der Waals surface area (Å²) in [5, 5.41) is 0.764. The Morgan fingerprint density at radius 2 is 2.10 bits per heavy atom. The minimum atomic E-state index is 0. The standard InChI is InChI=1S/C7H8NS.W/c1-5-3-6(2)7(9)8-4-5;/h3H,1-2H3,(H,8,9);/q-1;+2. The van der Waals surface area contributed by atoms with Crippen molar-refractivity contribution in [2.45, 2.75) is 18.9 Å². The molecule has 0 aliphatic rings. The number of aryl methyl sites for hydroxylation is 2. The fourth-order valence-electron chi connectivity index (χ4n) is 0.651. The molecule has 0 N–H and O–H groups in total. The Balaban J connectivity index is 0.000000810. The molecule has 0 saturated carbocycles. The summed E-state index contributed by atoms with van der Waals surface area (Å²) in [6, 6.07) is 2.01. The molecule has 0 unspecified atom stereocenters. The molecule has 3 heteroatoms. The molecule has 0 bridgehead atoms. The molecule has 1 aromatic heterocycles. The first-order valence-electron chi connectivity index (χ1n) is 2.75. The van der Waals surface area contributed by atoms with E-state index in [9.17, 15) is 0 Å². The maximum atomic E-state index is 4.10. The predicted octanol–water partition coefficient (Wildman–Crippen LogP) is 1.78. The molecule has 0 amide bonds. The second-order valence-electron chi connectivity index (χ2n) is 2.06. The minimum Gasteiger partial charge on any atom is -0.380 e. The van der Waals surface area contributed by atoms with E-state index < -0.39 is 0 Å². The zero-order valence-electron chi connectivity index (χ0n) is 5.88. The van der Waals surface area contributed by atoms with Crippen LogP contribution in [0.15, 0.2) is 11.1 Å². The van der Waals surface area contributed by atoms with Gasteiger partial charge in [-0.3, -0.25) is 0 Å². The molecule has 0 saturated heterocycles. The van der Waals surface area contributed by atoms with E-state index in [1.54, 1.807) is 0 Å². The second-order valence-corrected chi connectivity index (χ2v) is 2.48. The zero-order chi connectivity index (χ0) is 6.85. The van der Waals surface area contributed by atoms with Crippen molar-refractivity contribution in [1.29, 1.82) is 0 Å². The molecule has 0 aliphatic carbocycles. The summed E-state index contributed by atoms with van der Waals surface area (Å²) in [5.74, 6) is 0. The molecule has 0 radical (unpaired) electrons. The van der Waals surface area contributed by atoms with Crippen LogP contribution in [0.1, 0.15) is 11.1 Å². The van der Waals surface area contributed by atoms with Crippen LogP contribution in [0.5, 0.6) is 0 Å². The number of hydrogen-bond donors (Lipinski definition) is 1. The zero-order valence-corrected chi connectivity index (χ0v) is 9.71. The maximum Gasteiger partial charge on any atom is 2.00 e. The van der Waals surface area contributed by atoms with Crippen LogP contribution in [0.25, 0.3) is 0 Å². The van der Waals surface area contributed by atoms with Gasteiger partial charge in [-0.25, -0.2) is 0 Å². The van der Waals surface area contributed by atoms with Crippen molar-refractivity contribution in [3.63, 3.8) is 0 Å². The number of rotatable bonds is 0. The number of hydrogen-bond acceptors (Lipinski definition) is 2. The summed E-state index contributed by atoms with van der Waals surface area (Å²) < 4.78 is 0.